The van der Waals surface area contributed by atoms with Gasteiger partial charge in [0.15, 0.2) is 0 Å². The molecule has 0 radical (unpaired) electrons. The van der Waals surface area contributed by atoms with E-state index in [0.29, 0.717) is 10.4 Å². The van der Waals surface area contributed by atoms with Crippen molar-refractivity contribution < 1.29 is 37.5 Å². The number of ether oxygens (including phenoxy) is 1. The number of thiophene rings is 1. The minimum Gasteiger partial charge on any atom is -0.506 e. The topological polar surface area (TPSA) is 131 Å². The monoisotopic (exact) mass is 507 g/mol. The zero-order valence-corrected chi connectivity index (χ0v) is 18.9. The Morgan fingerprint density at radius 3 is 2.37 bits per heavy atom. The van der Waals surface area contributed by atoms with Crippen molar-refractivity contribution in [3.8, 4) is 16.2 Å². The first-order chi connectivity index (χ1) is 16.4. The molecule has 2 N–H and O–H groups in total. The van der Waals surface area contributed by atoms with E-state index >= 15 is 0 Å². The Balaban J connectivity index is 1.81. The highest BCUT2D eigenvalue weighted by Crippen LogP contribution is 2.40. The highest BCUT2D eigenvalue weighted by atomic mass is 32.1. The van der Waals surface area contributed by atoms with Crippen molar-refractivity contribution in [2.45, 2.75) is 13.1 Å². The molecule has 182 valence electrons. The van der Waals surface area contributed by atoms with Crippen LogP contribution in [0.2, 0.25) is 0 Å². The summed E-state index contributed by atoms with van der Waals surface area (Å²) in [5, 5.41) is 27.2. The molecular formula is C22H16F3N3O6S. The Bertz CT molecular complexity index is 1330. The molecular weight excluding hydrogens is 491 g/mol. The molecule has 0 fully saturated rings. The van der Waals surface area contributed by atoms with Gasteiger partial charge in [0.05, 0.1) is 33.7 Å². The van der Waals surface area contributed by atoms with E-state index in [-0.39, 0.29) is 28.2 Å². The van der Waals surface area contributed by atoms with E-state index in [9.17, 15) is 38.0 Å². The third-order valence-electron chi connectivity index (χ3n) is 4.82. The SMILES string of the molecule is COC(=O)c1ccc(C(=O)N/N=C(\C)c2csc(-c3ccc(C(F)(F)F)cc3)c2O)cc1[N+](=O)[O-]. The molecule has 0 aliphatic carbocycles. The maximum absolute atomic E-state index is 12.8. The summed E-state index contributed by atoms with van der Waals surface area (Å²) in [5.74, 6) is -1.99. The number of hydrogen-bond acceptors (Lipinski definition) is 8. The summed E-state index contributed by atoms with van der Waals surface area (Å²) in [6, 6.07) is 7.44. The number of nitro benzene ring substituents is 1. The summed E-state index contributed by atoms with van der Waals surface area (Å²) in [5.41, 5.74) is 1.05. The normalized spacial score (nSPS) is 11.7. The lowest BCUT2D eigenvalue weighted by Crippen LogP contribution is -2.20. The molecule has 1 heterocycles. The van der Waals surface area contributed by atoms with Crippen molar-refractivity contribution in [3.63, 3.8) is 0 Å². The Labute approximate surface area is 199 Å². The number of carbonyl (C=O) groups is 2. The maximum atomic E-state index is 12.8. The van der Waals surface area contributed by atoms with Crippen LogP contribution in [-0.2, 0) is 10.9 Å². The summed E-state index contributed by atoms with van der Waals surface area (Å²) in [6.45, 7) is 1.47. The van der Waals surface area contributed by atoms with Gasteiger partial charge in [-0.2, -0.15) is 18.3 Å². The summed E-state index contributed by atoms with van der Waals surface area (Å²) in [7, 11) is 1.06. The molecule has 1 amide bonds. The molecule has 0 bridgehead atoms. The zero-order chi connectivity index (χ0) is 25.9. The summed E-state index contributed by atoms with van der Waals surface area (Å²) >= 11 is 1.07. The summed E-state index contributed by atoms with van der Waals surface area (Å²) in [4.78, 5) is 34.8. The number of aromatic hydroxyl groups is 1. The second kappa shape index (κ2) is 9.93. The molecule has 1 aromatic heterocycles. The third kappa shape index (κ3) is 5.46. The smallest absolute Gasteiger partial charge is 0.416 e. The fraction of sp³-hybridized carbons (Fsp3) is 0.136. The van der Waals surface area contributed by atoms with Gasteiger partial charge in [0, 0.05) is 17.0 Å². The van der Waals surface area contributed by atoms with Gasteiger partial charge in [-0.05, 0) is 36.8 Å². The van der Waals surface area contributed by atoms with Gasteiger partial charge in [-0.15, -0.1) is 11.3 Å². The van der Waals surface area contributed by atoms with E-state index < -0.39 is 34.2 Å². The van der Waals surface area contributed by atoms with Crippen molar-refractivity contribution in [2.75, 3.05) is 7.11 Å². The molecule has 3 rings (SSSR count). The number of methoxy groups -OCH3 is 1. The lowest BCUT2D eigenvalue weighted by atomic mass is 10.1. The highest BCUT2D eigenvalue weighted by Gasteiger charge is 2.30. The number of esters is 1. The van der Waals surface area contributed by atoms with Crippen LogP contribution in [0.15, 0.2) is 52.9 Å². The Hall–Kier alpha value is -4.26. The lowest BCUT2D eigenvalue weighted by Gasteiger charge is -2.07. The first-order valence-corrected chi connectivity index (χ1v) is 10.5. The number of carbonyl (C=O) groups excluding carboxylic acids is 2. The summed E-state index contributed by atoms with van der Waals surface area (Å²) < 4.78 is 42.8. The van der Waals surface area contributed by atoms with E-state index in [2.05, 4.69) is 15.3 Å². The van der Waals surface area contributed by atoms with Crippen LogP contribution in [0, 0.1) is 10.1 Å². The number of amides is 1. The summed E-state index contributed by atoms with van der Waals surface area (Å²) in [6.07, 6.45) is -4.48. The molecule has 0 unspecified atom stereocenters. The van der Waals surface area contributed by atoms with Crippen LogP contribution in [0.1, 0.15) is 38.8 Å². The lowest BCUT2D eigenvalue weighted by molar-refractivity contribution is -0.385. The van der Waals surface area contributed by atoms with Crippen molar-refractivity contribution in [3.05, 3.63) is 80.2 Å². The average Bonchev–Trinajstić information content (AvgIpc) is 3.22. The molecule has 35 heavy (non-hydrogen) atoms. The minimum absolute atomic E-state index is 0.152. The standard InChI is InChI=1S/C22H16F3N3O6S/c1-11(16-10-35-19(18(16)29)12-3-6-14(7-4-12)22(23,24)25)26-27-20(30)13-5-8-15(21(31)34-2)17(9-13)28(32)33/h3-10,29H,1-2H3,(H,27,30)/b26-11+. The second-order valence-corrected chi connectivity index (χ2v) is 7.90. The Kier molecular flexibility index (Phi) is 7.20. The van der Waals surface area contributed by atoms with Gasteiger partial charge >= 0.3 is 12.1 Å². The number of nitrogens with one attached hydrogen (secondary N) is 1. The molecule has 9 nitrogen and oxygen atoms in total. The van der Waals surface area contributed by atoms with Crippen molar-refractivity contribution in [1.82, 2.24) is 5.43 Å². The molecule has 0 aliphatic heterocycles. The fourth-order valence-corrected chi connectivity index (χ4v) is 4.00. The van der Waals surface area contributed by atoms with Gasteiger partial charge in [0.25, 0.3) is 11.6 Å². The van der Waals surface area contributed by atoms with Crippen molar-refractivity contribution >= 4 is 34.6 Å². The van der Waals surface area contributed by atoms with Crippen molar-refractivity contribution in [1.29, 1.82) is 0 Å². The van der Waals surface area contributed by atoms with Gasteiger partial charge in [-0.3, -0.25) is 14.9 Å². The molecule has 0 spiro atoms. The van der Waals surface area contributed by atoms with Crippen molar-refractivity contribution in [2.24, 2.45) is 5.10 Å². The fourth-order valence-electron chi connectivity index (χ4n) is 2.99. The largest absolute Gasteiger partial charge is 0.506 e. The van der Waals surface area contributed by atoms with Gasteiger partial charge in [0.2, 0.25) is 0 Å². The number of halogens is 3. The van der Waals surface area contributed by atoms with E-state index in [1.807, 2.05) is 0 Å². The Morgan fingerprint density at radius 2 is 1.80 bits per heavy atom. The van der Waals surface area contributed by atoms with Gasteiger partial charge in [-0.25, -0.2) is 10.2 Å². The first kappa shape index (κ1) is 25.4. The number of hydrogen-bond donors (Lipinski definition) is 2. The average molecular weight is 507 g/mol. The van der Waals surface area contributed by atoms with Crippen LogP contribution in [0.5, 0.6) is 5.75 Å². The van der Waals surface area contributed by atoms with Gasteiger partial charge in [0.1, 0.15) is 11.3 Å². The highest BCUT2D eigenvalue weighted by molar-refractivity contribution is 7.14. The van der Waals surface area contributed by atoms with Crippen LogP contribution in [-0.4, -0.2) is 34.7 Å². The van der Waals surface area contributed by atoms with Crippen LogP contribution >= 0.6 is 11.3 Å². The predicted molar refractivity (Wildman–Crippen MR) is 121 cm³/mol. The first-order valence-electron chi connectivity index (χ1n) is 9.64. The number of alkyl halides is 3. The molecule has 3 aromatic rings. The number of nitrogens with zero attached hydrogens (tertiary/aromatic N) is 2. The quantitative estimate of drug-likeness (QED) is 0.209. The second-order valence-electron chi connectivity index (χ2n) is 7.02. The molecule has 0 saturated carbocycles. The number of rotatable bonds is 6. The predicted octanol–water partition coefficient (Wildman–Crippen LogP) is 4.99. The van der Waals surface area contributed by atoms with Crippen LogP contribution in [0.4, 0.5) is 18.9 Å². The van der Waals surface area contributed by atoms with Crippen LogP contribution < -0.4 is 5.43 Å². The van der Waals surface area contributed by atoms with Crippen LogP contribution in [0.3, 0.4) is 0 Å². The van der Waals surface area contributed by atoms with Gasteiger partial charge in [-0.1, -0.05) is 12.1 Å². The van der Waals surface area contributed by atoms with E-state index in [1.165, 1.54) is 30.5 Å². The zero-order valence-electron chi connectivity index (χ0n) is 18.0. The molecule has 13 heteroatoms. The minimum atomic E-state index is -4.48. The van der Waals surface area contributed by atoms with E-state index in [0.717, 1.165) is 42.7 Å². The van der Waals surface area contributed by atoms with E-state index in [1.54, 1.807) is 0 Å². The molecule has 0 aliphatic rings. The number of nitro groups is 1. The molecule has 0 saturated heterocycles. The Morgan fingerprint density at radius 1 is 1.14 bits per heavy atom. The third-order valence-corrected chi connectivity index (χ3v) is 5.83. The van der Waals surface area contributed by atoms with Gasteiger partial charge < -0.3 is 9.84 Å². The number of hydrazone groups is 1. The number of benzene rings is 2. The van der Waals surface area contributed by atoms with E-state index in [4.69, 9.17) is 0 Å². The maximum Gasteiger partial charge on any atom is 0.416 e. The van der Waals surface area contributed by atoms with Crippen LogP contribution in [0.25, 0.3) is 10.4 Å². The molecule has 0 atom stereocenters. The molecule has 2 aromatic carbocycles.